The van der Waals surface area contributed by atoms with E-state index in [2.05, 4.69) is 37.2 Å². The molecular formula is C16H21FN2OS. The number of hydrogen-bond donors (Lipinski definition) is 1. The van der Waals surface area contributed by atoms with Gasteiger partial charge in [-0.15, -0.1) is 0 Å². The number of ether oxygens (including phenoxy) is 1. The number of fused-ring (bicyclic) bond motifs is 1. The van der Waals surface area contributed by atoms with Gasteiger partial charge in [-0.2, -0.15) is 0 Å². The Morgan fingerprint density at radius 1 is 1.29 bits per heavy atom. The molecule has 1 aromatic heterocycles. The maximum Gasteiger partial charge on any atom is 0.178 e. The van der Waals surface area contributed by atoms with Crippen molar-refractivity contribution in [3.8, 4) is 5.75 Å². The molecule has 0 radical (unpaired) electrons. The summed E-state index contributed by atoms with van der Waals surface area (Å²) < 4.78 is 21.6. The molecular weight excluding hydrogens is 287 g/mol. The van der Waals surface area contributed by atoms with Crippen molar-refractivity contribution in [1.82, 2.24) is 9.55 Å². The van der Waals surface area contributed by atoms with E-state index >= 15 is 0 Å². The van der Waals surface area contributed by atoms with E-state index in [9.17, 15) is 4.39 Å². The highest BCUT2D eigenvalue weighted by atomic mass is 32.1. The lowest BCUT2D eigenvalue weighted by Crippen LogP contribution is -2.04. The first kappa shape index (κ1) is 14.6. The van der Waals surface area contributed by atoms with Crippen LogP contribution in [0.2, 0.25) is 0 Å². The first-order valence-corrected chi connectivity index (χ1v) is 7.57. The van der Waals surface area contributed by atoms with Crippen LogP contribution in [0.15, 0.2) is 12.1 Å². The number of imidazole rings is 1. The molecule has 0 spiro atoms. The minimum atomic E-state index is -0.375. The van der Waals surface area contributed by atoms with Crippen LogP contribution in [-0.4, -0.2) is 16.7 Å². The number of hydrogen-bond acceptors (Lipinski definition) is 2. The zero-order chi connectivity index (χ0) is 15.6. The number of halogens is 1. The summed E-state index contributed by atoms with van der Waals surface area (Å²) in [4.78, 5) is 3.09. The molecule has 0 saturated heterocycles. The predicted octanol–water partition coefficient (Wildman–Crippen LogP) is 4.53. The standard InChI is InChI=1S/C16H21FN2OS/c1-15(2)13(16(15,3)4)8-19-11-7-12(20-5)9(17)6-10(11)18-14(19)21/h6-7,13H,8H2,1-5H3,(H,18,21). The molecule has 3 rings (SSSR count). The molecule has 1 aliphatic rings. The second-order valence-corrected chi connectivity index (χ2v) is 7.43. The number of nitrogens with one attached hydrogen (secondary N) is 1. The third kappa shape index (κ3) is 1.94. The van der Waals surface area contributed by atoms with Gasteiger partial charge in [0.25, 0.3) is 0 Å². The summed E-state index contributed by atoms with van der Waals surface area (Å²) in [6.45, 7) is 9.99. The molecule has 1 aliphatic carbocycles. The van der Waals surface area contributed by atoms with Gasteiger partial charge >= 0.3 is 0 Å². The number of aromatic amines is 1. The van der Waals surface area contributed by atoms with Gasteiger partial charge in [0.1, 0.15) is 0 Å². The highest BCUT2D eigenvalue weighted by Gasteiger charge is 2.64. The Labute approximate surface area is 129 Å². The Kier molecular flexibility index (Phi) is 3.00. The van der Waals surface area contributed by atoms with Gasteiger partial charge in [0.2, 0.25) is 0 Å². The molecule has 5 heteroatoms. The third-order valence-corrected chi connectivity index (χ3v) is 6.05. The average Bonchev–Trinajstić information content (AvgIpc) is 2.65. The van der Waals surface area contributed by atoms with Crippen LogP contribution in [0.25, 0.3) is 11.0 Å². The molecule has 21 heavy (non-hydrogen) atoms. The summed E-state index contributed by atoms with van der Waals surface area (Å²) >= 11 is 5.42. The Hall–Kier alpha value is -1.36. The minimum Gasteiger partial charge on any atom is -0.494 e. The molecule has 1 fully saturated rings. The second kappa shape index (κ2) is 4.32. The summed E-state index contributed by atoms with van der Waals surface area (Å²) in [5.41, 5.74) is 2.19. The van der Waals surface area contributed by atoms with E-state index in [1.54, 1.807) is 6.07 Å². The van der Waals surface area contributed by atoms with Gasteiger partial charge in [-0.3, -0.25) is 0 Å². The van der Waals surface area contributed by atoms with Gasteiger partial charge < -0.3 is 14.3 Å². The lowest BCUT2D eigenvalue weighted by atomic mass is 10.0. The molecule has 2 aromatic rings. The smallest absolute Gasteiger partial charge is 0.178 e. The highest BCUT2D eigenvalue weighted by Crippen LogP contribution is 2.68. The maximum atomic E-state index is 13.8. The van der Waals surface area contributed by atoms with E-state index in [-0.39, 0.29) is 22.4 Å². The fraction of sp³-hybridized carbons (Fsp3) is 0.562. The normalized spacial score (nSPS) is 19.9. The fourth-order valence-corrected chi connectivity index (χ4v) is 3.75. The van der Waals surface area contributed by atoms with E-state index in [4.69, 9.17) is 17.0 Å². The minimum absolute atomic E-state index is 0.250. The van der Waals surface area contributed by atoms with Crippen LogP contribution in [0.1, 0.15) is 27.7 Å². The molecule has 0 amide bonds. The number of H-pyrrole nitrogens is 1. The van der Waals surface area contributed by atoms with E-state index in [0.717, 1.165) is 17.6 Å². The highest BCUT2D eigenvalue weighted by molar-refractivity contribution is 7.71. The van der Waals surface area contributed by atoms with E-state index in [1.807, 2.05) is 0 Å². The van der Waals surface area contributed by atoms with Gasteiger partial charge in [-0.05, 0) is 29.0 Å². The van der Waals surface area contributed by atoms with Crippen LogP contribution in [-0.2, 0) is 6.54 Å². The molecule has 0 aliphatic heterocycles. The van der Waals surface area contributed by atoms with Crippen LogP contribution in [0.5, 0.6) is 5.75 Å². The van der Waals surface area contributed by atoms with E-state index in [0.29, 0.717) is 10.7 Å². The summed E-state index contributed by atoms with van der Waals surface area (Å²) in [5.74, 6) is 0.423. The van der Waals surface area contributed by atoms with Gasteiger partial charge in [0.15, 0.2) is 16.3 Å². The molecule has 1 saturated carbocycles. The average molecular weight is 308 g/mol. The maximum absolute atomic E-state index is 13.8. The first-order chi connectivity index (χ1) is 9.70. The van der Waals surface area contributed by atoms with Crippen molar-refractivity contribution in [2.24, 2.45) is 16.7 Å². The summed E-state index contributed by atoms with van der Waals surface area (Å²) in [6.07, 6.45) is 0. The van der Waals surface area contributed by atoms with Crippen molar-refractivity contribution in [3.63, 3.8) is 0 Å². The first-order valence-electron chi connectivity index (χ1n) is 7.16. The second-order valence-electron chi connectivity index (χ2n) is 7.04. The van der Waals surface area contributed by atoms with Crippen LogP contribution < -0.4 is 4.74 Å². The molecule has 1 heterocycles. The fourth-order valence-electron chi connectivity index (χ4n) is 3.47. The van der Waals surface area contributed by atoms with Gasteiger partial charge in [-0.1, -0.05) is 27.7 Å². The zero-order valence-electron chi connectivity index (χ0n) is 13.1. The van der Waals surface area contributed by atoms with Crippen molar-refractivity contribution in [2.75, 3.05) is 7.11 Å². The molecule has 1 N–H and O–H groups in total. The Morgan fingerprint density at radius 3 is 2.43 bits per heavy atom. The molecule has 114 valence electrons. The lowest BCUT2D eigenvalue weighted by Gasteiger charge is -2.08. The number of rotatable bonds is 3. The third-order valence-electron chi connectivity index (χ3n) is 5.73. The summed E-state index contributed by atoms with van der Waals surface area (Å²) in [6, 6.07) is 3.17. The van der Waals surface area contributed by atoms with Gasteiger partial charge in [-0.25, -0.2) is 4.39 Å². The monoisotopic (exact) mass is 308 g/mol. The Morgan fingerprint density at radius 2 is 1.90 bits per heavy atom. The SMILES string of the molecule is COc1cc2c(cc1F)[nH]c(=S)n2CC1C(C)(C)C1(C)C. The molecule has 1 aromatic carbocycles. The van der Waals surface area contributed by atoms with Crippen molar-refractivity contribution in [1.29, 1.82) is 0 Å². The van der Waals surface area contributed by atoms with Crippen LogP contribution >= 0.6 is 12.2 Å². The molecule has 0 unspecified atom stereocenters. The number of nitrogens with zero attached hydrogens (tertiary/aromatic N) is 1. The van der Waals surface area contributed by atoms with Gasteiger partial charge in [0.05, 0.1) is 18.1 Å². The Bertz CT molecular complexity index is 758. The van der Waals surface area contributed by atoms with Crippen molar-refractivity contribution in [3.05, 3.63) is 22.7 Å². The molecule has 0 bridgehead atoms. The molecule has 0 atom stereocenters. The number of methoxy groups -OCH3 is 1. The van der Waals surface area contributed by atoms with Crippen molar-refractivity contribution < 1.29 is 9.13 Å². The quantitative estimate of drug-likeness (QED) is 0.844. The number of aromatic nitrogens is 2. The molecule has 3 nitrogen and oxygen atoms in total. The lowest BCUT2D eigenvalue weighted by molar-refractivity contribution is 0.387. The largest absolute Gasteiger partial charge is 0.494 e. The Balaban J connectivity index is 2.07. The van der Waals surface area contributed by atoms with Crippen LogP contribution in [0.3, 0.4) is 0 Å². The van der Waals surface area contributed by atoms with E-state index < -0.39 is 0 Å². The summed E-state index contributed by atoms with van der Waals surface area (Å²) in [5, 5.41) is 0. The van der Waals surface area contributed by atoms with E-state index in [1.165, 1.54) is 13.2 Å². The van der Waals surface area contributed by atoms with Crippen LogP contribution in [0, 0.1) is 27.3 Å². The van der Waals surface area contributed by atoms with Crippen molar-refractivity contribution in [2.45, 2.75) is 34.2 Å². The number of benzene rings is 1. The summed E-state index contributed by atoms with van der Waals surface area (Å²) in [7, 11) is 1.48. The zero-order valence-corrected chi connectivity index (χ0v) is 13.9. The predicted molar refractivity (Wildman–Crippen MR) is 84.7 cm³/mol. The topological polar surface area (TPSA) is 29.9 Å². The van der Waals surface area contributed by atoms with Gasteiger partial charge in [0, 0.05) is 18.7 Å². The van der Waals surface area contributed by atoms with Crippen molar-refractivity contribution >= 4 is 23.3 Å². The van der Waals surface area contributed by atoms with Crippen LogP contribution in [0.4, 0.5) is 4.39 Å².